The van der Waals surface area contributed by atoms with E-state index < -0.39 is 6.04 Å². The van der Waals surface area contributed by atoms with Crippen LogP contribution in [0.3, 0.4) is 0 Å². The van der Waals surface area contributed by atoms with Crippen molar-refractivity contribution in [3.05, 3.63) is 84.3 Å². The van der Waals surface area contributed by atoms with Crippen LogP contribution in [0, 0.1) is 0 Å². The molecule has 0 spiro atoms. The van der Waals surface area contributed by atoms with E-state index in [0.717, 1.165) is 27.7 Å². The van der Waals surface area contributed by atoms with Gasteiger partial charge in [-0.05, 0) is 35.4 Å². The fourth-order valence-electron chi connectivity index (χ4n) is 3.38. The zero-order valence-electron chi connectivity index (χ0n) is 16.1. The number of imidazole rings is 1. The van der Waals surface area contributed by atoms with E-state index in [-0.39, 0.29) is 18.2 Å². The number of carbonyl (C=O) groups excluding carboxylic acids is 2. The molecule has 0 bridgehead atoms. The van der Waals surface area contributed by atoms with E-state index in [1.54, 1.807) is 6.92 Å². The second kappa shape index (κ2) is 8.14. The molecule has 6 heteroatoms. The molecule has 0 fully saturated rings. The zero-order chi connectivity index (χ0) is 20.2. The Morgan fingerprint density at radius 3 is 2.69 bits per heavy atom. The predicted octanol–water partition coefficient (Wildman–Crippen LogP) is 2.85. The topological polar surface area (TPSA) is 75.5 Å². The maximum atomic E-state index is 12.5. The second-order valence-electron chi connectivity index (χ2n) is 7.02. The third-order valence-corrected chi connectivity index (χ3v) is 4.86. The highest BCUT2D eigenvalue weighted by Gasteiger charge is 2.16. The first kappa shape index (κ1) is 18.7. The van der Waals surface area contributed by atoms with Crippen LogP contribution in [0.5, 0.6) is 0 Å². The molecular formula is C23H22N4O2. The molecule has 2 amide bonds. The summed E-state index contributed by atoms with van der Waals surface area (Å²) in [5.74, 6) is -0.426. The average Bonchev–Trinajstić information content (AvgIpc) is 3.15. The highest BCUT2D eigenvalue weighted by molar-refractivity contribution is 5.92. The molecule has 0 aliphatic rings. The lowest BCUT2D eigenvalue weighted by atomic mass is 10.0. The maximum Gasteiger partial charge on any atom is 0.242 e. The first-order valence-electron chi connectivity index (χ1n) is 9.56. The number of fused-ring (bicyclic) bond motifs is 2. The van der Waals surface area contributed by atoms with Crippen molar-refractivity contribution in [2.24, 2.45) is 0 Å². The van der Waals surface area contributed by atoms with Crippen LogP contribution >= 0.6 is 0 Å². The summed E-state index contributed by atoms with van der Waals surface area (Å²) >= 11 is 0. The highest BCUT2D eigenvalue weighted by atomic mass is 16.2. The normalized spacial score (nSPS) is 12.0. The van der Waals surface area contributed by atoms with Crippen LogP contribution in [-0.2, 0) is 22.6 Å². The van der Waals surface area contributed by atoms with Crippen LogP contribution in [0.4, 0.5) is 0 Å². The Hall–Kier alpha value is -3.67. The largest absolute Gasteiger partial charge is 0.349 e. The number of nitrogens with zero attached hydrogens (tertiary/aromatic N) is 2. The van der Waals surface area contributed by atoms with Crippen molar-refractivity contribution < 1.29 is 9.59 Å². The van der Waals surface area contributed by atoms with Crippen LogP contribution in [0.15, 0.2) is 73.1 Å². The number of nitrogens with one attached hydrogen (secondary N) is 2. The molecule has 0 radical (unpaired) electrons. The number of amides is 2. The zero-order valence-corrected chi connectivity index (χ0v) is 16.1. The Balaban J connectivity index is 1.33. The fraction of sp³-hybridized carbons (Fsp3) is 0.174. The number of hydrogen-bond donors (Lipinski definition) is 2. The third-order valence-electron chi connectivity index (χ3n) is 4.86. The van der Waals surface area contributed by atoms with Crippen molar-refractivity contribution in [2.45, 2.75) is 25.9 Å². The van der Waals surface area contributed by atoms with Crippen molar-refractivity contribution >= 4 is 28.2 Å². The Kier molecular flexibility index (Phi) is 5.24. The molecule has 4 rings (SSSR count). The minimum Gasteiger partial charge on any atom is -0.349 e. The summed E-state index contributed by atoms with van der Waals surface area (Å²) in [4.78, 5) is 29.3. The lowest BCUT2D eigenvalue weighted by Crippen LogP contribution is -2.45. The van der Waals surface area contributed by atoms with E-state index in [9.17, 15) is 9.59 Å². The number of aromatic nitrogens is 2. The number of rotatable bonds is 6. The lowest BCUT2D eigenvalue weighted by Gasteiger charge is -2.14. The minimum atomic E-state index is -0.630. The first-order valence-corrected chi connectivity index (χ1v) is 9.56. The molecule has 2 heterocycles. The number of hydrogen-bond acceptors (Lipinski definition) is 3. The molecule has 2 N–H and O–H groups in total. The van der Waals surface area contributed by atoms with Crippen LogP contribution < -0.4 is 10.6 Å². The van der Waals surface area contributed by atoms with E-state index in [1.165, 1.54) is 0 Å². The van der Waals surface area contributed by atoms with E-state index in [0.29, 0.717) is 6.54 Å². The Morgan fingerprint density at radius 1 is 1.03 bits per heavy atom. The van der Waals surface area contributed by atoms with Crippen LogP contribution in [0.25, 0.3) is 16.4 Å². The van der Waals surface area contributed by atoms with Gasteiger partial charge in [-0.2, -0.15) is 0 Å². The fourth-order valence-corrected chi connectivity index (χ4v) is 3.38. The molecule has 2 aromatic heterocycles. The van der Waals surface area contributed by atoms with Crippen LogP contribution in [-0.4, -0.2) is 27.2 Å². The van der Waals surface area contributed by atoms with E-state index >= 15 is 0 Å². The minimum absolute atomic E-state index is 0.184. The van der Waals surface area contributed by atoms with Gasteiger partial charge >= 0.3 is 0 Å². The van der Waals surface area contributed by atoms with Gasteiger partial charge in [0.2, 0.25) is 11.8 Å². The summed E-state index contributed by atoms with van der Waals surface area (Å²) in [6.07, 6.45) is 4.01. The van der Waals surface area contributed by atoms with Gasteiger partial charge in [0.25, 0.3) is 0 Å². The molecule has 146 valence electrons. The molecular weight excluding hydrogens is 364 g/mol. The van der Waals surface area contributed by atoms with Crippen molar-refractivity contribution in [3.8, 4) is 0 Å². The molecule has 29 heavy (non-hydrogen) atoms. The second-order valence-corrected chi connectivity index (χ2v) is 7.02. The van der Waals surface area contributed by atoms with E-state index in [2.05, 4.69) is 15.6 Å². The molecule has 1 atom stereocenters. The first-order chi connectivity index (χ1) is 14.1. The lowest BCUT2D eigenvalue weighted by molar-refractivity contribution is -0.128. The van der Waals surface area contributed by atoms with Crippen molar-refractivity contribution in [1.82, 2.24) is 20.0 Å². The number of carbonyl (C=O) groups is 2. The van der Waals surface area contributed by atoms with Gasteiger partial charge in [0.15, 0.2) is 0 Å². The summed E-state index contributed by atoms with van der Waals surface area (Å²) in [7, 11) is 0. The van der Waals surface area contributed by atoms with Gasteiger partial charge in [-0.15, -0.1) is 0 Å². The molecule has 0 aliphatic heterocycles. The highest BCUT2D eigenvalue weighted by Crippen LogP contribution is 2.18. The molecule has 1 unspecified atom stereocenters. The van der Waals surface area contributed by atoms with Gasteiger partial charge < -0.3 is 15.0 Å². The summed E-state index contributed by atoms with van der Waals surface area (Å²) < 4.78 is 1.90. The van der Waals surface area contributed by atoms with Gasteiger partial charge in [0, 0.05) is 12.4 Å². The molecule has 0 saturated carbocycles. The summed E-state index contributed by atoms with van der Waals surface area (Å²) in [6.45, 7) is 1.99. The Morgan fingerprint density at radius 2 is 1.83 bits per heavy atom. The molecule has 2 aromatic carbocycles. The van der Waals surface area contributed by atoms with Crippen molar-refractivity contribution in [3.63, 3.8) is 0 Å². The van der Waals surface area contributed by atoms with Gasteiger partial charge in [0.1, 0.15) is 11.7 Å². The quantitative estimate of drug-likeness (QED) is 0.535. The van der Waals surface area contributed by atoms with E-state index in [1.807, 2.05) is 77.5 Å². The summed E-state index contributed by atoms with van der Waals surface area (Å²) in [6, 6.07) is 19.0. The Bertz CT molecular complexity index is 1140. The molecule has 4 aromatic rings. The average molecular weight is 386 g/mol. The molecule has 0 saturated heterocycles. The number of benzene rings is 2. The predicted molar refractivity (Wildman–Crippen MR) is 112 cm³/mol. The van der Waals surface area contributed by atoms with Gasteiger partial charge in [-0.25, -0.2) is 4.98 Å². The monoisotopic (exact) mass is 386 g/mol. The van der Waals surface area contributed by atoms with Crippen LogP contribution in [0.1, 0.15) is 18.2 Å². The summed E-state index contributed by atoms with van der Waals surface area (Å²) in [5.41, 5.74) is 2.53. The van der Waals surface area contributed by atoms with Crippen molar-refractivity contribution in [1.29, 1.82) is 0 Å². The molecule has 0 aliphatic carbocycles. The summed E-state index contributed by atoms with van der Waals surface area (Å²) in [5, 5.41) is 7.75. The SMILES string of the molecule is CC(NC(=O)Cc1cccc2ccccc12)C(=O)NCc1cn2ccccc2n1. The van der Waals surface area contributed by atoms with Gasteiger partial charge in [-0.3, -0.25) is 9.59 Å². The number of pyridine rings is 1. The van der Waals surface area contributed by atoms with E-state index in [4.69, 9.17) is 0 Å². The molecule has 6 nitrogen and oxygen atoms in total. The third kappa shape index (κ3) is 4.27. The smallest absolute Gasteiger partial charge is 0.242 e. The van der Waals surface area contributed by atoms with Crippen molar-refractivity contribution in [2.75, 3.05) is 0 Å². The standard InChI is InChI=1S/C23H22N4O2/c1-16(23(29)24-14-19-15-27-12-5-4-11-21(27)26-19)25-22(28)13-18-9-6-8-17-7-2-3-10-20(17)18/h2-12,15-16H,13-14H2,1H3,(H,24,29)(H,25,28). The Labute approximate surface area is 168 Å². The van der Waals surface area contributed by atoms with Crippen LogP contribution in [0.2, 0.25) is 0 Å². The van der Waals surface area contributed by atoms with Gasteiger partial charge in [-0.1, -0.05) is 48.5 Å². The maximum absolute atomic E-state index is 12.5. The van der Waals surface area contributed by atoms with Gasteiger partial charge in [0.05, 0.1) is 18.7 Å².